The maximum Gasteiger partial charge on any atom is 0.325 e. The van der Waals surface area contributed by atoms with Crippen molar-refractivity contribution in [2.75, 3.05) is 10.3 Å². The molecule has 0 radical (unpaired) electrons. The van der Waals surface area contributed by atoms with E-state index in [0.717, 1.165) is 5.69 Å². The fourth-order valence-corrected chi connectivity index (χ4v) is 2.49. The lowest BCUT2D eigenvalue weighted by Gasteiger charge is -2.23. The van der Waals surface area contributed by atoms with Gasteiger partial charge in [-0.15, -0.1) is 0 Å². The molecule has 0 bridgehead atoms. The molecule has 1 aliphatic heterocycles. The lowest BCUT2D eigenvalue weighted by atomic mass is 10.0. The number of para-hydroxylation sites is 1. The van der Waals surface area contributed by atoms with Crippen molar-refractivity contribution in [2.24, 2.45) is 11.0 Å². The molecular weight excluding hydrogens is 306 g/mol. The number of hydrogen-bond acceptors (Lipinski definition) is 5. The molecule has 2 aromatic rings. The molecule has 0 fully saturated rings. The number of hydrazone groups is 1. The molecule has 24 heavy (non-hydrogen) atoms. The molecule has 3 rings (SSSR count). The second kappa shape index (κ2) is 6.91. The summed E-state index contributed by atoms with van der Waals surface area (Å²) >= 11 is 0. The Morgan fingerprint density at radius 2 is 1.79 bits per heavy atom. The Bertz CT molecular complexity index is 748. The second-order valence-electron chi connectivity index (χ2n) is 5.39. The molecule has 0 spiro atoms. The van der Waals surface area contributed by atoms with Crippen LogP contribution in [0.2, 0.25) is 0 Å². The van der Waals surface area contributed by atoms with E-state index in [2.05, 4.69) is 20.7 Å². The van der Waals surface area contributed by atoms with Crippen LogP contribution < -0.4 is 15.6 Å². The van der Waals surface area contributed by atoms with Gasteiger partial charge in [0.1, 0.15) is 0 Å². The number of pyridine rings is 1. The molecule has 122 valence electrons. The normalized spacial score (nSPS) is 19.1. The van der Waals surface area contributed by atoms with Crippen LogP contribution in [0.15, 0.2) is 60.0 Å². The average Bonchev–Trinajstić information content (AvgIpc) is 2.98. The smallest absolute Gasteiger partial charge is 0.308 e. The van der Waals surface area contributed by atoms with Gasteiger partial charge in [0.05, 0.1) is 17.6 Å². The summed E-state index contributed by atoms with van der Waals surface area (Å²) in [6.07, 6.45) is 4.68. The van der Waals surface area contributed by atoms with Crippen LogP contribution >= 0.6 is 0 Å². The molecule has 7 nitrogen and oxygen atoms in total. The molecule has 2 unspecified atom stereocenters. The minimum Gasteiger partial charge on any atom is -0.308 e. The van der Waals surface area contributed by atoms with Gasteiger partial charge in [-0.2, -0.15) is 5.10 Å². The zero-order valence-electron chi connectivity index (χ0n) is 13.1. The summed E-state index contributed by atoms with van der Waals surface area (Å²) < 4.78 is 0. The molecule has 1 aliphatic rings. The van der Waals surface area contributed by atoms with Crippen LogP contribution in [-0.4, -0.2) is 29.2 Å². The number of urea groups is 1. The minimum atomic E-state index is -0.579. The van der Waals surface area contributed by atoms with Crippen molar-refractivity contribution in [1.29, 1.82) is 0 Å². The number of carbonyl (C=O) groups excluding carboxylic acids is 2. The fourth-order valence-electron chi connectivity index (χ4n) is 2.49. The van der Waals surface area contributed by atoms with Crippen molar-refractivity contribution in [3.63, 3.8) is 0 Å². The first-order valence-corrected chi connectivity index (χ1v) is 7.55. The minimum absolute atomic E-state index is 0.180. The predicted octanol–water partition coefficient (Wildman–Crippen LogP) is 2.24. The number of nitrogens with one attached hydrogen (secondary N) is 2. The number of hydrogen-bond donors (Lipinski definition) is 2. The summed E-state index contributed by atoms with van der Waals surface area (Å²) in [5.41, 5.74) is 1.46. The number of anilines is 2. The van der Waals surface area contributed by atoms with E-state index in [1.807, 2.05) is 37.3 Å². The molecule has 0 saturated carbocycles. The largest absolute Gasteiger partial charge is 0.325 e. The highest BCUT2D eigenvalue weighted by Crippen LogP contribution is 2.25. The SMILES string of the molecule is CC1C(C(=O)NC(=O)Nc2ccncc2)C=NN1c1ccccc1. The first-order valence-electron chi connectivity index (χ1n) is 7.55. The summed E-state index contributed by atoms with van der Waals surface area (Å²) in [5.74, 6) is -0.898. The quantitative estimate of drug-likeness (QED) is 0.907. The molecule has 0 saturated heterocycles. The number of benzene rings is 1. The first kappa shape index (κ1) is 15.7. The summed E-state index contributed by atoms with van der Waals surface area (Å²) in [4.78, 5) is 28.1. The number of aromatic nitrogens is 1. The van der Waals surface area contributed by atoms with Crippen molar-refractivity contribution in [1.82, 2.24) is 10.3 Å². The van der Waals surface area contributed by atoms with Gasteiger partial charge in [-0.25, -0.2) is 4.79 Å². The number of rotatable bonds is 3. The Morgan fingerprint density at radius 3 is 2.50 bits per heavy atom. The van der Waals surface area contributed by atoms with Gasteiger partial charge in [0.25, 0.3) is 0 Å². The van der Waals surface area contributed by atoms with Crippen molar-refractivity contribution in [2.45, 2.75) is 13.0 Å². The highest BCUT2D eigenvalue weighted by molar-refractivity contribution is 6.07. The monoisotopic (exact) mass is 323 g/mol. The van der Waals surface area contributed by atoms with Crippen LogP contribution in [0.4, 0.5) is 16.2 Å². The van der Waals surface area contributed by atoms with E-state index >= 15 is 0 Å². The maximum absolute atomic E-state index is 12.3. The van der Waals surface area contributed by atoms with Crippen LogP contribution in [0, 0.1) is 5.92 Å². The predicted molar refractivity (Wildman–Crippen MR) is 91.8 cm³/mol. The van der Waals surface area contributed by atoms with Crippen LogP contribution in [0.5, 0.6) is 0 Å². The number of amides is 3. The average molecular weight is 323 g/mol. The third kappa shape index (κ3) is 3.40. The molecule has 2 N–H and O–H groups in total. The Balaban J connectivity index is 1.60. The van der Waals surface area contributed by atoms with Gasteiger partial charge in [-0.1, -0.05) is 18.2 Å². The molecule has 2 heterocycles. The standard InChI is InChI=1S/C17H17N5O2/c1-12-15(11-19-22(12)14-5-3-2-4-6-14)16(23)21-17(24)20-13-7-9-18-10-8-13/h2-12,15H,1H3,(H2,18,20,21,23,24). The van der Waals surface area contributed by atoms with Gasteiger partial charge < -0.3 is 5.32 Å². The van der Waals surface area contributed by atoms with Gasteiger partial charge in [0, 0.05) is 24.3 Å². The number of nitrogens with zero attached hydrogens (tertiary/aromatic N) is 3. The number of carbonyl (C=O) groups is 2. The Hall–Kier alpha value is -3.22. The second-order valence-corrected chi connectivity index (χ2v) is 5.39. The molecular formula is C17H17N5O2. The molecule has 3 amide bonds. The molecule has 0 aliphatic carbocycles. The van der Waals surface area contributed by atoms with Crippen molar-refractivity contribution >= 4 is 29.5 Å². The number of imide groups is 1. The van der Waals surface area contributed by atoms with E-state index < -0.39 is 17.9 Å². The van der Waals surface area contributed by atoms with Crippen LogP contribution in [-0.2, 0) is 4.79 Å². The lowest BCUT2D eigenvalue weighted by Crippen LogP contribution is -2.43. The van der Waals surface area contributed by atoms with Gasteiger partial charge in [-0.05, 0) is 31.2 Å². The van der Waals surface area contributed by atoms with Gasteiger partial charge in [0.15, 0.2) is 0 Å². The van der Waals surface area contributed by atoms with E-state index in [0.29, 0.717) is 5.69 Å². The third-order valence-electron chi connectivity index (χ3n) is 3.76. The van der Waals surface area contributed by atoms with E-state index in [1.54, 1.807) is 35.7 Å². The highest BCUT2D eigenvalue weighted by atomic mass is 16.2. The first-order chi connectivity index (χ1) is 11.6. The molecule has 1 aromatic carbocycles. The highest BCUT2D eigenvalue weighted by Gasteiger charge is 2.34. The summed E-state index contributed by atoms with van der Waals surface area (Å²) in [5, 5.41) is 11.0. The zero-order valence-corrected chi connectivity index (χ0v) is 13.1. The summed E-state index contributed by atoms with van der Waals surface area (Å²) in [6.45, 7) is 1.89. The van der Waals surface area contributed by atoms with Crippen LogP contribution in [0.3, 0.4) is 0 Å². The zero-order chi connectivity index (χ0) is 16.9. The van der Waals surface area contributed by atoms with E-state index in [4.69, 9.17) is 0 Å². The lowest BCUT2D eigenvalue weighted by molar-refractivity contribution is -0.121. The van der Waals surface area contributed by atoms with Gasteiger partial charge in [0.2, 0.25) is 5.91 Å². The Kier molecular flexibility index (Phi) is 4.51. The van der Waals surface area contributed by atoms with Crippen LogP contribution in [0.25, 0.3) is 0 Å². The van der Waals surface area contributed by atoms with Crippen molar-refractivity contribution < 1.29 is 9.59 Å². The maximum atomic E-state index is 12.3. The Morgan fingerprint density at radius 1 is 1.08 bits per heavy atom. The van der Waals surface area contributed by atoms with Gasteiger partial charge in [-0.3, -0.25) is 20.1 Å². The van der Waals surface area contributed by atoms with Crippen LogP contribution in [0.1, 0.15) is 6.92 Å². The molecule has 2 atom stereocenters. The topological polar surface area (TPSA) is 86.7 Å². The Labute approximate surface area is 139 Å². The molecule has 1 aromatic heterocycles. The van der Waals surface area contributed by atoms with Crippen molar-refractivity contribution in [3.05, 3.63) is 54.9 Å². The van der Waals surface area contributed by atoms with E-state index in [-0.39, 0.29) is 6.04 Å². The fraction of sp³-hybridized carbons (Fsp3) is 0.176. The summed E-state index contributed by atoms with van der Waals surface area (Å²) in [7, 11) is 0. The molecule has 7 heteroatoms. The van der Waals surface area contributed by atoms with Crippen molar-refractivity contribution in [3.8, 4) is 0 Å². The van der Waals surface area contributed by atoms with Gasteiger partial charge >= 0.3 is 6.03 Å². The van der Waals surface area contributed by atoms with E-state index in [1.165, 1.54) is 0 Å². The van der Waals surface area contributed by atoms with E-state index in [9.17, 15) is 9.59 Å². The third-order valence-corrected chi connectivity index (χ3v) is 3.76. The summed E-state index contributed by atoms with van der Waals surface area (Å²) in [6, 6.07) is 12.1.